The van der Waals surface area contributed by atoms with Gasteiger partial charge in [0.1, 0.15) is 17.8 Å². The minimum absolute atomic E-state index is 0.0181. The smallest absolute Gasteiger partial charge is 0.227 e. The van der Waals surface area contributed by atoms with Crippen LogP contribution in [-0.4, -0.2) is 80.2 Å². The number of alkyl halides is 1. The molecule has 2 fully saturated rings. The van der Waals surface area contributed by atoms with Crippen molar-refractivity contribution >= 4 is 44.1 Å². The van der Waals surface area contributed by atoms with Crippen LogP contribution in [0.3, 0.4) is 0 Å². The Labute approximate surface area is 235 Å². The number of benzene rings is 1. The number of rotatable bonds is 9. The summed E-state index contributed by atoms with van der Waals surface area (Å²) in [6.07, 6.45) is 2.60. The average Bonchev–Trinajstić information content (AvgIpc) is 2.94. The largest absolute Gasteiger partial charge is 0.378 e. The summed E-state index contributed by atoms with van der Waals surface area (Å²) in [5, 5.41) is 5.39. The number of halogens is 1. The van der Waals surface area contributed by atoms with Gasteiger partial charge in [0.15, 0.2) is 0 Å². The molecule has 3 aromatic rings. The molecule has 2 aliphatic rings. The number of nitrogens with zero attached hydrogens (tertiary/aromatic N) is 5. The minimum Gasteiger partial charge on any atom is -0.378 e. The molecule has 0 radical (unpaired) electrons. The summed E-state index contributed by atoms with van der Waals surface area (Å²) in [4.78, 5) is 17.7. The number of piperidine rings is 1. The molecule has 4 heterocycles. The Hall–Kier alpha value is -3.09. The van der Waals surface area contributed by atoms with Gasteiger partial charge in [0.05, 0.1) is 24.4 Å². The van der Waals surface area contributed by atoms with Crippen LogP contribution in [-0.2, 0) is 14.8 Å². The number of nitrogens with one attached hydrogen (secondary N) is 2. The topological polar surface area (TPSA) is 113 Å². The third-order valence-corrected chi connectivity index (χ3v) is 9.41. The molecule has 40 heavy (non-hydrogen) atoms. The van der Waals surface area contributed by atoms with E-state index in [1.807, 2.05) is 24.1 Å². The van der Waals surface area contributed by atoms with Crippen LogP contribution in [0.15, 0.2) is 36.7 Å². The number of aromatic nitrogens is 3. The third-order valence-electron chi connectivity index (χ3n) is 7.99. The first-order valence-corrected chi connectivity index (χ1v) is 15.5. The molecule has 216 valence electrons. The molecule has 0 amide bonds. The van der Waals surface area contributed by atoms with Gasteiger partial charge in [-0.15, -0.1) is 0 Å². The number of pyridine rings is 1. The Kier molecular flexibility index (Phi) is 8.12. The number of hydrogen-bond donors (Lipinski definition) is 2. The summed E-state index contributed by atoms with van der Waals surface area (Å²) in [6.45, 7) is 9.40. The van der Waals surface area contributed by atoms with Gasteiger partial charge in [0.25, 0.3) is 0 Å². The van der Waals surface area contributed by atoms with E-state index in [4.69, 9.17) is 9.72 Å². The van der Waals surface area contributed by atoms with Gasteiger partial charge in [-0.05, 0) is 55.3 Å². The van der Waals surface area contributed by atoms with Crippen molar-refractivity contribution in [2.45, 2.75) is 64.4 Å². The predicted octanol–water partition coefficient (Wildman–Crippen LogP) is 3.97. The Bertz CT molecular complexity index is 1470. The van der Waals surface area contributed by atoms with Gasteiger partial charge in [0.2, 0.25) is 16.0 Å². The van der Waals surface area contributed by atoms with Crippen molar-refractivity contribution < 1.29 is 17.5 Å². The maximum Gasteiger partial charge on any atom is 0.227 e. The number of methoxy groups -OCH3 is 1. The third kappa shape index (κ3) is 5.70. The van der Waals surface area contributed by atoms with Gasteiger partial charge in [-0.1, -0.05) is 19.9 Å². The van der Waals surface area contributed by atoms with Crippen LogP contribution in [0.2, 0.25) is 0 Å². The van der Waals surface area contributed by atoms with E-state index in [1.54, 1.807) is 19.2 Å². The van der Waals surface area contributed by atoms with E-state index in [2.05, 4.69) is 50.9 Å². The SMILES string of the molecule is CCS(=O)(=O)N[C@H]1CN(c2ccc(C(C)C)c3cc(Nc4ccnc(N5CCC(OC)C(F)C5)n4)ncc23)[C@@H]1C. The van der Waals surface area contributed by atoms with Gasteiger partial charge in [-0.3, -0.25) is 0 Å². The zero-order valence-electron chi connectivity index (χ0n) is 23.6. The monoisotopic (exact) mass is 571 g/mol. The molecule has 12 heteroatoms. The lowest BCUT2D eigenvalue weighted by Gasteiger charge is -2.48. The molecule has 0 saturated carbocycles. The molecule has 0 bridgehead atoms. The number of hydrogen-bond acceptors (Lipinski definition) is 9. The molecule has 5 rings (SSSR count). The molecule has 10 nitrogen and oxygen atoms in total. The molecular weight excluding hydrogens is 533 g/mol. The highest BCUT2D eigenvalue weighted by Crippen LogP contribution is 2.38. The van der Waals surface area contributed by atoms with Gasteiger partial charge in [-0.25, -0.2) is 27.5 Å². The van der Waals surface area contributed by atoms with E-state index >= 15 is 0 Å². The quantitative estimate of drug-likeness (QED) is 0.394. The van der Waals surface area contributed by atoms with Gasteiger partial charge in [0, 0.05) is 49.7 Å². The second-order valence-electron chi connectivity index (χ2n) is 10.9. The second kappa shape index (κ2) is 11.4. The fourth-order valence-corrected chi connectivity index (χ4v) is 6.38. The number of fused-ring (bicyclic) bond motifs is 1. The van der Waals surface area contributed by atoms with E-state index in [9.17, 15) is 12.8 Å². The zero-order valence-corrected chi connectivity index (χ0v) is 24.4. The van der Waals surface area contributed by atoms with E-state index < -0.39 is 22.3 Å². The van der Waals surface area contributed by atoms with Crippen LogP contribution < -0.4 is 19.8 Å². The Morgan fingerprint density at radius 3 is 2.62 bits per heavy atom. The summed E-state index contributed by atoms with van der Waals surface area (Å²) in [6, 6.07) is 7.93. The molecule has 2 aromatic heterocycles. The minimum atomic E-state index is -3.27. The zero-order chi connectivity index (χ0) is 28.6. The van der Waals surface area contributed by atoms with Crippen LogP contribution in [0.5, 0.6) is 0 Å². The van der Waals surface area contributed by atoms with E-state index in [-0.39, 0.29) is 24.4 Å². The molecule has 0 aliphatic carbocycles. The normalized spacial score (nSPS) is 23.5. The molecule has 4 atom stereocenters. The van der Waals surface area contributed by atoms with E-state index in [0.717, 1.165) is 16.5 Å². The molecule has 2 N–H and O–H groups in total. The molecular formula is C28H38FN7O3S. The Morgan fingerprint density at radius 2 is 1.95 bits per heavy atom. The number of anilines is 4. The fraction of sp³-hybridized carbons (Fsp3) is 0.536. The molecule has 2 saturated heterocycles. The van der Waals surface area contributed by atoms with Crippen molar-refractivity contribution in [1.29, 1.82) is 0 Å². The molecule has 0 spiro atoms. The second-order valence-corrected chi connectivity index (χ2v) is 12.9. The summed E-state index contributed by atoms with van der Waals surface area (Å²) in [5.74, 6) is 2.04. The predicted molar refractivity (Wildman–Crippen MR) is 157 cm³/mol. The standard InChI is InChI=1S/C28H38FN7O3S/c1-6-40(37,38)34-23-16-36(18(23)4)24-8-7-19(17(2)3)20-13-27(31-14-21(20)24)32-26-9-11-30-28(33-26)35-12-10-25(39-5)22(29)15-35/h7-9,11,13-14,17-18,22-23,25,34H,6,10,12,15-16H2,1-5H3,(H,30,31,32,33)/t18-,22?,23+,25?/m1/s1. The lowest BCUT2D eigenvalue weighted by Crippen LogP contribution is -2.65. The van der Waals surface area contributed by atoms with Crippen molar-refractivity contribution in [1.82, 2.24) is 19.7 Å². The molecule has 2 unspecified atom stereocenters. The van der Waals surface area contributed by atoms with Crippen molar-refractivity contribution in [2.75, 3.05) is 47.6 Å². The summed E-state index contributed by atoms with van der Waals surface area (Å²) in [7, 11) is -1.73. The molecule has 2 aliphatic heterocycles. The van der Waals surface area contributed by atoms with Gasteiger partial charge >= 0.3 is 0 Å². The lowest BCUT2D eigenvalue weighted by atomic mass is 9.92. The number of sulfonamides is 1. The summed E-state index contributed by atoms with van der Waals surface area (Å²) in [5.41, 5.74) is 2.22. The Balaban J connectivity index is 1.39. The number of ether oxygens (including phenoxy) is 1. The van der Waals surface area contributed by atoms with Gasteiger partial charge < -0.3 is 19.9 Å². The maximum atomic E-state index is 14.5. The van der Waals surface area contributed by atoms with Crippen molar-refractivity contribution in [3.05, 3.63) is 42.2 Å². The molecule has 1 aromatic carbocycles. The van der Waals surface area contributed by atoms with E-state index in [1.165, 1.54) is 12.7 Å². The van der Waals surface area contributed by atoms with Crippen molar-refractivity contribution in [3.63, 3.8) is 0 Å². The lowest BCUT2D eigenvalue weighted by molar-refractivity contribution is 0.0194. The van der Waals surface area contributed by atoms with E-state index in [0.29, 0.717) is 43.0 Å². The van der Waals surface area contributed by atoms with Crippen LogP contribution in [0, 0.1) is 0 Å². The average molecular weight is 572 g/mol. The maximum absolute atomic E-state index is 14.5. The highest BCUT2D eigenvalue weighted by molar-refractivity contribution is 7.89. The van der Waals surface area contributed by atoms with Crippen LogP contribution in [0.1, 0.15) is 45.6 Å². The van der Waals surface area contributed by atoms with Crippen molar-refractivity contribution in [2.24, 2.45) is 0 Å². The first-order chi connectivity index (χ1) is 19.1. The highest BCUT2D eigenvalue weighted by atomic mass is 32.2. The van der Waals surface area contributed by atoms with Crippen LogP contribution >= 0.6 is 0 Å². The van der Waals surface area contributed by atoms with Crippen molar-refractivity contribution in [3.8, 4) is 0 Å². The van der Waals surface area contributed by atoms with Gasteiger partial charge in [-0.2, -0.15) is 4.98 Å². The highest BCUT2D eigenvalue weighted by Gasteiger charge is 2.38. The van der Waals surface area contributed by atoms with Crippen LogP contribution in [0.25, 0.3) is 10.8 Å². The first-order valence-electron chi connectivity index (χ1n) is 13.8. The van der Waals surface area contributed by atoms with Crippen LogP contribution in [0.4, 0.5) is 27.7 Å². The summed E-state index contributed by atoms with van der Waals surface area (Å²) >= 11 is 0. The fourth-order valence-electron chi connectivity index (χ4n) is 5.48. The summed E-state index contributed by atoms with van der Waals surface area (Å²) < 4.78 is 46.6. The Morgan fingerprint density at radius 1 is 1.15 bits per heavy atom. The first kappa shape index (κ1) is 28.4.